The molecule has 0 aromatic heterocycles. The van der Waals surface area contributed by atoms with Crippen LogP contribution in [0.5, 0.6) is 0 Å². The lowest BCUT2D eigenvalue weighted by Crippen LogP contribution is -2.54. The van der Waals surface area contributed by atoms with Gasteiger partial charge in [0.05, 0.1) is 6.54 Å². The van der Waals surface area contributed by atoms with Crippen LogP contribution in [-0.4, -0.2) is 49.8 Å². The molecule has 0 aliphatic heterocycles. The normalized spacial score (nSPS) is 9.64. The number of amides is 2. The van der Waals surface area contributed by atoms with Crippen LogP contribution in [0.3, 0.4) is 0 Å². The van der Waals surface area contributed by atoms with Crippen molar-refractivity contribution < 1.29 is 4.79 Å². The van der Waals surface area contributed by atoms with E-state index in [2.05, 4.69) is 16.0 Å². The number of hydrogen-bond acceptors (Lipinski definition) is 5. The summed E-state index contributed by atoms with van der Waals surface area (Å²) >= 11 is 0. The van der Waals surface area contributed by atoms with Crippen molar-refractivity contribution in [1.82, 2.24) is 20.9 Å². The highest BCUT2D eigenvalue weighted by Gasteiger charge is 2.16. The van der Waals surface area contributed by atoms with Gasteiger partial charge in [-0.2, -0.15) is 10.0 Å². The van der Waals surface area contributed by atoms with E-state index in [-0.39, 0.29) is 12.6 Å². The summed E-state index contributed by atoms with van der Waals surface area (Å²) in [5.74, 6) is 0. The van der Waals surface area contributed by atoms with E-state index in [4.69, 9.17) is 0 Å². The van der Waals surface area contributed by atoms with Gasteiger partial charge in [-0.05, 0) is 6.92 Å². The van der Waals surface area contributed by atoms with Crippen LogP contribution < -0.4 is 10.9 Å². The molecule has 0 radical (unpaired) electrons. The number of carbonyl (C=O) groups is 1. The van der Waals surface area contributed by atoms with Crippen molar-refractivity contribution >= 4 is 6.03 Å². The second-order valence-corrected chi connectivity index (χ2v) is 2.50. The van der Waals surface area contributed by atoms with E-state index in [1.807, 2.05) is 6.92 Å². The monoisotopic (exact) mass is 203 g/mol. The Kier molecular flexibility index (Phi) is 6.59. The van der Waals surface area contributed by atoms with Gasteiger partial charge in [-0.1, -0.05) is 5.18 Å². The second-order valence-electron chi connectivity index (χ2n) is 2.50. The molecule has 2 amide bonds. The van der Waals surface area contributed by atoms with E-state index in [1.165, 1.54) is 10.0 Å². The molecular weight excluding hydrogens is 186 g/mol. The van der Waals surface area contributed by atoms with Crippen LogP contribution in [-0.2, 0) is 0 Å². The molecular formula is C7H17N5O2. The average molecular weight is 203 g/mol. The van der Waals surface area contributed by atoms with Gasteiger partial charge in [0.1, 0.15) is 0 Å². The van der Waals surface area contributed by atoms with Crippen LogP contribution in [0.25, 0.3) is 0 Å². The van der Waals surface area contributed by atoms with Crippen molar-refractivity contribution in [2.75, 3.05) is 33.7 Å². The number of carbonyl (C=O) groups excluding carboxylic acids is 1. The lowest BCUT2D eigenvalue weighted by Gasteiger charge is -2.27. The molecule has 7 heteroatoms. The van der Waals surface area contributed by atoms with Gasteiger partial charge in [0.2, 0.25) is 0 Å². The third-order valence-electron chi connectivity index (χ3n) is 1.75. The standard InChI is InChI=1S/C7H17N5O2/c1-4-11(6-5-10-14)7(13)12(8-2)9-3/h8-9H,4-6H2,1-3H3. The Morgan fingerprint density at radius 3 is 2.29 bits per heavy atom. The summed E-state index contributed by atoms with van der Waals surface area (Å²) in [5, 5.41) is 3.94. The van der Waals surface area contributed by atoms with E-state index in [1.54, 1.807) is 14.1 Å². The molecule has 7 nitrogen and oxygen atoms in total. The molecule has 14 heavy (non-hydrogen) atoms. The zero-order chi connectivity index (χ0) is 11.0. The first-order valence-electron chi connectivity index (χ1n) is 4.44. The lowest BCUT2D eigenvalue weighted by atomic mass is 10.5. The smallest absolute Gasteiger partial charge is 0.321 e. The zero-order valence-electron chi connectivity index (χ0n) is 8.78. The molecule has 0 aliphatic carbocycles. The van der Waals surface area contributed by atoms with E-state index in [0.29, 0.717) is 13.1 Å². The molecule has 0 heterocycles. The minimum Gasteiger partial charge on any atom is -0.321 e. The molecule has 0 aromatic rings. The number of hydrazine groups is 2. The molecule has 0 rings (SSSR count). The fourth-order valence-corrected chi connectivity index (χ4v) is 0.995. The number of nitroso groups, excluding NO2 is 1. The summed E-state index contributed by atoms with van der Waals surface area (Å²) in [7, 11) is 3.25. The van der Waals surface area contributed by atoms with Crippen LogP contribution in [0.2, 0.25) is 0 Å². The van der Waals surface area contributed by atoms with E-state index < -0.39 is 0 Å². The maximum Gasteiger partial charge on any atom is 0.349 e. The summed E-state index contributed by atoms with van der Waals surface area (Å²) < 4.78 is 0. The Labute approximate surface area is 83.3 Å². The number of hydrogen-bond donors (Lipinski definition) is 2. The molecule has 82 valence electrons. The van der Waals surface area contributed by atoms with E-state index in [9.17, 15) is 9.70 Å². The van der Waals surface area contributed by atoms with Crippen molar-refractivity contribution in [3.05, 3.63) is 4.91 Å². The highest BCUT2D eigenvalue weighted by atomic mass is 16.3. The molecule has 2 N–H and O–H groups in total. The van der Waals surface area contributed by atoms with Crippen molar-refractivity contribution in [3.63, 3.8) is 0 Å². The SMILES string of the molecule is CCN(CCN=O)C(=O)N(NC)NC. The highest BCUT2D eigenvalue weighted by Crippen LogP contribution is 1.93. The molecule has 0 aliphatic rings. The van der Waals surface area contributed by atoms with E-state index in [0.717, 1.165) is 0 Å². The number of nitrogens with zero attached hydrogens (tertiary/aromatic N) is 3. The summed E-state index contributed by atoms with van der Waals surface area (Å²) in [4.78, 5) is 23.1. The predicted molar refractivity (Wildman–Crippen MR) is 53.3 cm³/mol. The Balaban J connectivity index is 4.20. The molecule has 0 saturated carbocycles. The largest absolute Gasteiger partial charge is 0.349 e. The Morgan fingerprint density at radius 1 is 1.36 bits per heavy atom. The number of rotatable bonds is 6. The van der Waals surface area contributed by atoms with Crippen LogP contribution in [0, 0.1) is 4.91 Å². The molecule has 0 aromatic carbocycles. The van der Waals surface area contributed by atoms with Gasteiger partial charge >= 0.3 is 6.03 Å². The average Bonchev–Trinajstić information content (AvgIpc) is 2.21. The number of nitrogens with one attached hydrogen (secondary N) is 2. The highest BCUT2D eigenvalue weighted by molar-refractivity contribution is 5.73. The van der Waals surface area contributed by atoms with Crippen LogP contribution >= 0.6 is 0 Å². The van der Waals surface area contributed by atoms with Gasteiger partial charge in [0, 0.05) is 27.2 Å². The molecule has 0 saturated heterocycles. The molecule has 0 fully saturated rings. The Hall–Kier alpha value is -1.21. The maximum atomic E-state index is 11.6. The number of urea groups is 1. The van der Waals surface area contributed by atoms with Crippen LogP contribution in [0.4, 0.5) is 4.79 Å². The second kappa shape index (κ2) is 7.22. The van der Waals surface area contributed by atoms with Crippen molar-refractivity contribution in [3.8, 4) is 0 Å². The first kappa shape index (κ1) is 12.8. The quantitative estimate of drug-likeness (QED) is 0.461. The third-order valence-corrected chi connectivity index (χ3v) is 1.75. The molecule has 0 atom stereocenters. The van der Waals surface area contributed by atoms with E-state index >= 15 is 0 Å². The van der Waals surface area contributed by atoms with Crippen molar-refractivity contribution in [1.29, 1.82) is 0 Å². The summed E-state index contributed by atoms with van der Waals surface area (Å²) in [6.45, 7) is 2.82. The first-order chi connectivity index (χ1) is 6.71. The lowest BCUT2D eigenvalue weighted by molar-refractivity contribution is 0.114. The summed E-state index contributed by atoms with van der Waals surface area (Å²) in [6, 6.07) is -0.235. The Bertz CT molecular complexity index is 183. The van der Waals surface area contributed by atoms with Crippen LogP contribution in [0.1, 0.15) is 6.92 Å². The third kappa shape index (κ3) is 3.67. The Morgan fingerprint density at radius 2 is 1.93 bits per heavy atom. The minimum atomic E-state index is -0.235. The predicted octanol–water partition coefficient (Wildman–Crippen LogP) is -0.234. The number of likely N-dealkylation sites (N-methyl/N-ethyl adjacent to an activating group) is 1. The summed E-state index contributed by atoms with van der Waals surface area (Å²) in [5.41, 5.74) is 5.33. The van der Waals surface area contributed by atoms with Gasteiger partial charge in [0.25, 0.3) is 0 Å². The molecule has 0 spiro atoms. The first-order valence-corrected chi connectivity index (χ1v) is 4.44. The minimum absolute atomic E-state index is 0.112. The summed E-state index contributed by atoms with van der Waals surface area (Å²) in [6.07, 6.45) is 0. The van der Waals surface area contributed by atoms with Crippen LogP contribution in [0.15, 0.2) is 5.18 Å². The van der Waals surface area contributed by atoms with Crippen molar-refractivity contribution in [2.24, 2.45) is 5.18 Å². The van der Waals surface area contributed by atoms with Gasteiger partial charge in [-0.15, -0.1) is 0 Å². The topological polar surface area (TPSA) is 77.0 Å². The van der Waals surface area contributed by atoms with Gasteiger partial charge in [0.15, 0.2) is 0 Å². The fraction of sp³-hybridized carbons (Fsp3) is 0.857. The zero-order valence-corrected chi connectivity index (χ0v) is 8.78. The molecule has 0 unspecified atom stereocenters. The van der Waals surface area contributed by atoms with Crippen molar-refractivity contribution in [2.45, 2.75) is 6.92 Å². The van der Waals surface area contributed by atoms with Gasteiger partial charge in [-0.25, -0.2) is 15.6 Å². The van der Waals surface area contributed by atoms with Gasteiger partial charge in [-0.3, -0.25) is 0 Å². The van der Waals surface area contributed by atoms with Gasteiger partial charge < -0.3 is 4.90 Å². The molecule has 0 bridgehead atoms. The maximum absolute atomic E-state index is 11.6. The fourth-order valence-electron chi connectivity index (χ4n) is 0.995.